The molecule has 0 spiro atoms. The molecule has 0 saturated heterocycles. The van der Waals surface area contributed by atoms with E-state index in [0.29, 0.717) is 10.9 Å². The number of hydrogen-bond donors (Lipinski definition) is 2. The van der Waals surface area contributed by atoms with E-state index in [4.69, 9.17) is 11.6 Å². The van der Waals surface area contributed by atoms with Gasteiger partial charge in [0.2, 0.25) is 0 Å². The number of aromatic hydroxyl groups is 1. The van der Waals surface area contributed by atoms with Gasteiger partial charge in [-0.3, -0.25) is 4.55 Å². The maximum absolute atomic E-state index is 11.3. The van der Waals surface area contributed by atoms with E-state index in [1.807, 2.05) is 18.2 Å². The second kappa shape index (κ2) is 8.41. The second-order valence-corrected chi connectivity index (χ2v) is 7.21. The minimum Gasteiger partial charge on any atom is -0.506 e. The molecule has 0 aromatic heterocycles. The van der Waals surface area contributed by atoms with Crippen LogP contribution in [0.25, 0.3) is 10.8 Å². The number of phenols is 1. The summed E-state index contributed by atoms with van der Waals surface area (Å²) in [4.78, 5) is -0.376. The van der Waals surface area contributed by atoms with Gasteiger partial charge in [0.25, 0.3) is 10.1 Å². The summed E-state index contributed by atoms with van der Waals surface area (Å²) in [7, 11) is -4.43. The van der Waals surface area contributed by atoms with Gasteiger partial charge in [0.15, 0.2) is 0 Å². The van der Waals surface area contributed by atoms with Crippen molar-refractivity contribution in [3.8, 4) is 5.75 Å². The summed E-state index contributed by atoms with van der Waals surface area (Å²) >= 11 is 6.01. The molecule has 0 saturated carbocycles. The van der Waals surface area contributed by atoms with E-state index in [1.54, 1.807) is 19.1 Å². The molecular formula is C17H13BaClN2O4S. The van der Waals surface area contributed by atoms with Gasteiger partial charge in [-0.2, -0.15) is 13.5 Å². The summed E-state index contributed by atoms with van der Waals surface area (Å²) in [6, 6.07) is 12.9. The fourth-order valence-corrected chi connectivity index (χ4v) is 3.15. The summed E-state index contributed by atoms with van der Waals surface area (Å²) < 4.78 is 31.9. The van der Waals surface area contributed by atoms with Crippen molar-refractivity contribution in [2.45, 2.75) is 11.8 Å². The molecular weight excluding hydrogens is 501 g/mol. The summed E-state index contributed by atoms with van der Waals surface area (Å²) in [5.74, 6) is -0.0582. The molecule has 0 aliphatic carbocycles. The molecule has 0 aliphatic rings. The minimum absolute atomic E-state index is 0. The predicted octanol–water partition coefficient (Wildman–Crippen LogP) is 4.79. The Morgan fingerprint density at radius 2 is 1.73 bits per heavy atom. The molecule has 26 heavy (non-hydrogen) atoms. The van der Waals surface area contributed by atoms with Crippen molar-refractivity contribution in [2.24, 2.45) is 10.2 Å². The van der Waals surface area contributed by atoms with Gasteiger partial charge < -0.3 is 5.11 Å². The van der Waals surface area contributed by atoms with Crippen LogP contribution in [0.3, 0.4) is 0 Å². The van der Waals surface area contributed by atoms with Crippen molar-refractivity contribution >= 4 is 92.7 Å². The van der Waals surface area contributed by atoms with E-state index in [9.17, 15) is 18.1 Å². The molecule has 0 unspecified atom stereocenters. The predicted molar refractivity (Wildman–Crippen MR) is 102 cm³/mol. The smallest absolute Gasteiger partial charge is 0.294 e. The monoisotopic (exact) mass is 514 g/mol. The number of fused-ring (bicyclic) bond motifs is 1. The van der Waals surface area contributed by atoms with Gasteiger partial charge >= 0.3 is 0 Å². The van der Waals surface area contributed by atoms with Crippen LogP contribution >= 0.6 is 11.6 Å². The van der Waals surface area contributed by atoms with Crippen molar-refractivity contribution in [1.29, 1.82) is 0 Å². The zero-order chi connectivity index (χ0) is 18.2. The zero-order valence-electron chi connectivity index (χ0n) is 13.7. The molecule has 3 aromatic carbocycles. The first kappa shape index (κ1) is 21.4. The summed E-state index contributed by atoms with van der Waals surface area (Å²) in [6.45, 7) is 1.65. The molecule has 3 rings (SSSR count). The first-order chi connectivity index (χ1) is 11.8. The van der Waals surface area contributed by atoms with Crippen LogP contribution in [0.15, 0.2) is 63.7 Å². The van der Waals surface area contributed by atoms with Gasteiger partial charge in [-0.25, -0.2) is 0 Å². The third kappa shape index (κ3) is 4.49. The SMILES string of the molecule is Cc1c(Cl)cc(S(=O)(=O)O)cc1N=Nc1c(O)ccc2ccccc12.[Ba]. The Kier molecular flexibility index (Phi) is 6.92. The number of halogens is 1. The molecule has 0 heterocycles. The molecule has 130 valence electrons. The summed E-state index contributed by atoms with van der Waals surface area (Å²) in [5, 5.41) is 19.9. The van der Waals surface area contributed by atoms with E-state index in [2.05, 4.69) is 10.2 Å². The van der Waals surface area contributed by atoms with Crippen LogP contribution in [0.1, 0.15) is 5.56 Å². The Bertz CT molecular complexity index is 1120. The Hall–Kier alpha value is -0.909. The molecule has 2 N–H and O–H groups in total. The quantitative estimate of drug-likeness (QED) is 0.299. The first-order valence-corrected chi connectivity index (χ1v) is 8.99. The average Bonchev–Trinajstić information content (AvgIpc) is 2.56. The maximum Gasteiger partial charge on any atom is 0.294 e. The number of nitrogens with zero attached hydrogens (tertiary/aromatic N) is 2. The number of benzene rings is 3. The maximum atomic E-state index is 11.3. The van der Waals surface area contributed by atoms with Crippen LogP contribution < -0.4 is 0 Å². The van der Waals surface area contributed by atoms with Crippen LogP contribution in [-0.2, 0) is 10.1 Å². The summed E-state index contributed by atoms with van der Waals surface area (Å²) in [5.41, 5.74) is 0.927. The number of hydrogen-bond acceptors (Lipinski definition) is 5. The minimum atomic E-state index is -4.43. The number of rotatable bonds is 3. The van der Waals surface area contributed by atoms with E-state index in [-0.39, 0.29) is 75.9 Å². The fourth-order valence-electron chi connectivity index (χ4n) is 2.35. The van der Waals surface area contributed by atoms with E-state index in [0.717, 1.165) is 11.5 Å². The molecule has 0 atom stereocenters. The van der Waals surface area contributed by atoms with Crippen LogP contribution in [0.4, 0.5) is 11.4 Å². The Morgan fingerprint density at radius 3 is 2.42 bits per heavy atom. The van der Waals surface area contributed by atoms with Crippen LogP contribution in [0.5, 0.6) is 5.75 Å². The molecule has 3 aromatic rings. The summed E-state index contributed by atoms with van der Waals surface area (Å²) in [6.07, 6.45) is 0. The largest absolute Gasteiger partial charge is 0.506 e. The number of phenolic OH excluding ortho intramolecular Hbond substituents is 1. The molecule has 6 nitrogen and oxygen atoms in total. The van der Waals surface area contributed by atoms with Crippen molar-refractivity contribution in [1.82, 2.24) is 0 Å². The molecule has 0 amide bonds. The molecule has 9 heteroatoms. The zero-order valence-corrected chi connectivity index (χ0v) is 19.7. The van der Waals surface area contributed by atoms with Crippen molar-refractivity contribution in [2.75, 3.05) is 0 Å². The van der Waals surface area contributed by atoms with Gasteiger partial charge in [0.1, 0.15) is 11.4 Å². The second-order valence-electron chi connectivity index (χ2n) is 5.38. The Balaban J connectivity index is 0.00000243. The normalized spacial score (nSPS) is 11.7. The van der Waals surface area contributed by atoms with Crippen molar-refractivity contribution < 1.29 is 18.1 Å². The van der Waals surface area contributed by atoms with Crippen LogP contribution in [0.2, 0.25) is 5.02 Å². The Labute approximate surface area is 195 Å². The molecule has 0 aliphatic heterocycles. The van der Waals surface area contributed by atoms with Crippen LogP contribution in [-0.4, -0.2) is 67.0 Å². The first-order valence-electron chi connectivity index (χ1n) is 7.17. The van der Waals surface area contributed by atoms with E-state index < -0.39 is 10.1 Å². The van der Waals surface area contributed by atoms with Gasteiger partial charge in [0, 0.05) is 59.3 Å². The van der Waals surface area contributed by atoms with Crippen molar-refractivity contribution in [3.05, 3.63) is 59.1 Å². The molecule has 2 radical (unpaired) electrons. The Morgan fingerprint density at radius 1 is 1.04 bits per heavy atom. The topological polar surface area (TPSA) is 99.3 Å². The van der Waals surface area contributed by atoms with Crippen LogP contribution in [0, 0.1) is 6.92 Å². The van der Waals surface area contributed by atoms with E-state index in [1.165, 1.54) is 12.1 Å². The van der Waals surface area contributed by atoms with Gasteiger partial charge in [0.05, 0.1) is 10.6 Å². The average molecular weight is 514 g/mol. The van der Waals surface area contributed by atoms with Crippen molar-refractivity contribution in [3.63, 3.8) is 0 Å². The third-order valence-electron chi connectivity index (χ3n) is 3.73. The van der Waals surface area contributed by atoms with Gasteiger partial charge in [-0.1, -0.05) is 41.9 Å². The van der Waals surface area contributed by atoms with E-state index >= 15 is 0 Å². The number of azo groups is 1. The molecule has 0 bridgehead atoms. The van der Waals surface area contributed by atoms with Gasteiger partial charge in [-0.05, 0) is 36.1 Å². The molecule has 0 fully saturated rings. The third-order valence-corrected chi connectivity index (χ3v) is 4.95. The fraction of sp³-hybridized carbons (Fsp3) is 0.0588. The standard InChI is InChI=1S/C17H13ClN2O4S.Ba/c1-10-14(18)8-12(25(22,23)24)9-15(10)19-20-17-13-5-3-2-4-11(13)6-7-16(17)21;/h2-9,21H,1H3,(H,22,23,24);. The van der Waals surface area contributed by atoms with Gasteiger partial charge in [-0.15, -0.1) is 5.11 Å².